The van der Waals surface area contributed by atoms with E-state index in [0.29, 0.717) is 5.75 Å². The van der Waals surface area contributed by atoms with Crippen molar-refractivity contribution in [2.75, 3.05) is 18.8 Å². The molecule has 1 aliphatic rings. The Bertz CT molecular complexity index is 958. The predicted octanol–water partition coefficient (Wildman–Crippen LogP) is 3.31. The molecule has 1 fully saturated rings. The number of nitrogens with zero attached hydrogens (tertiary/aromatic N) is 4. The van der Waals surface area contributed by atoms with Crippen molar-refractivity contribution in [2.45, 2.75) is 31.4 Å². The molecule has 1 aliphatic heterocycles. The molecule has 0 radical (unpaired) electrons. The Hall–Kier alpha value is -2.67. The van der Waals surface area contributed by atoms with E-state index >= 15 is 0 Å². The normalized spacial score (nSPS) is 15.8. The number of aromatic nitrogens is 3. The fraction of sp³-hybridized carbons (Fsp3) is 0.364. The molecule has 1 atom stereocenters. The lowest BCUT2D eigenvalue weighted by Gasteiger charge is -2.20. The minimum Gasteiger partial charge on any atom is -0.342 e. The average molecular weight is 411 g/mol. The molecule has 1 unspecified atom stereocenters. The van der Waals surface area contributed by atoms with Crippen LogP contribution in [-0.4, -0.2) is 48.2 Å². The Labute approximate surface area is 173 Å². The first kappa shape index (κ1) is 19.6. The van der Waals surface area contributed by atoms with Crippen LogP contribution in [-0.2, 0) is 21.3 Å². The number of hydrogen-bond acceptors (Lipinski definition) is 3. The maximum atomic E-state index is 12.8. The van der Waals surface area contributed by atoms with E-state index in [9.17, 15) is 9.00 Å². The van der Waals surface area contributed by atoms with Gasteiger partial charge in [-0.15, -0.1) is 0 Å². The summed E-state index contributed by atoms with van der Waals surface area (Å²) in [4.78, 5) is 14.5. The van der Waals surface area contributed by atoms with Crippen LogP contribution < -0.4 is 0 Å². The number of amides is 1. The molecule has 2 aromatic heterocycles. The van der Waals surface area contributed by atoms with Gasteiger partial charge in [-0.3, -0.25) is 9.00 Å². The smallest absolute Gasteiger partial charge is 0.235 e. The van der Waals surface area contributed by atoms with E-state index in [2.05, 4.69) is 5.10 Å². The molecule has 152 valence electrons. The molecule has 1 amide bonds. The number of rotatable bonds is 6. The monoisotopic (exact) mass is 410 g/mol. The van der Waals surface area contributed by atoms with E-state index in [1.54, 1.807) is 6.20 Å². The van der Waals surface area contributed by atoms with Gasteiger partial charge in [0, 0.05) is 41.8 Å². The van der Waals surface area contributed by atoms with Crippen molar-refractivity contribution in [3.63, 3.8) is 0 Å². The average Bonchev–Trinajstić information content (AvgIpc) is 3.31. The van der Waals surface area contributed by atoms with Gasteiger partial charge in [-0.25, -0.2) is 4.68 Å². The Morgan fingerprint density at radius 3 is 2.34 bits per heavy atom. The molecular weight excluding hydrogens is 384 g/mol. The van der Waals surface area contributed by atoms with Crippen molar-refractivity contribution in [1.82, 2.24) is 19.2 Å². The SMILES string of the molecule is O=C(CS(=O)Cc1cnn(-c2ccccc2)c1-n1cccc1)N1CCCCCC1. The van der Waals surface area contributed by atoms with Crippen LogP contribution in [0.3, 0.4) is 0 Å². The van der Waals surface area contributed by atoms with Gasteiger partial charge in [-0.1, -0.05) is 31.0 Å². The second kappa shape index (κ2) is 9.22. The largest absolute Gasteiger partial charge is 0.342 e. The lowest BCUT2D eigenvalue weighted by molar-refractivity contribution is -0.128. The highest BCUT2D eigenvalue weighted by Crippen LogP contribution is 2.21. The van der Waals surface area contributed by atoms with Gasteiger partial charge < -0.3 is 9.47 Å². The molecular formula is C22H26N4O2S. The van der Waals surface area contributed by atoms with Gasteiger partial charge in [0.1, 0.15) is 11.6 Å². The number of carbonyl (C=O) groups excluding carboxylic acids is 1. The van der Waals surface area contributed by atoms with Crippen molar-refractivity contribution in [1.29, 1.82) is 0 Å². The Morgan fingerprint density at radius 2 is 1.66 bits per heavy atom. The number of benzene rings is 1. The Morgan fingerprint density at radius 1 is 0.966 bits per heavy atom. The van der Waals surface area contributed by atoms with Crippen LogP contribution in [0.4, 0.5) is 0 Å². The first-order valence-corrected chi connectivity index (χ1v) is 11.6. The van der Waals surface area contributed by atoms with E-state index in [0.717, 1.165) is 43.0 Å². The lowest BCUT2D eigenvalue weighted by atomic mass is 10.2. The van der Waals surface area contributed by atoms with E-state index in [4.69, 9.17) is 0 Å². The summed E-state index contributed by atoms with van der Waals surface area (Å²) in [7, 11) is -1.28. The summed E-state index contributed by atoms with van der Waals surface area (Å²) in [6.07, 6.45) is 10.1. The van der Waals surface area contributed by atoms with Gasteiger partial charge in [0.15, 0.2) is 0 Å². The van der Waals surface area contributed by atoms with Gasteiger partial charge in [0.2, 0.25) is 5.91 Å². The van der Waals surface area contributed by atoms with Crippen molar-refractivity contribution >= 4 is 16.7 Å². The number of para-hydroxylation sites is 1. The van der Waals surface area contributed by atoms with Crippen LogP contribution >= 0.6 is 0 Å². The van der Waals surface area contributed by atoms with Crippen LogP contribution in [0.1, 0.15) is 31.2 Å². The Kier molecular flexibility index (Phi) is 6.24. The summed E-state index contributed by atoms with van der Waals surface area (Å²) < 4.78 is 16.7. The molecule has 4 rings (SSSR count). The molecule has 0 spiro atoms. The third-order valence-electron chi connectivity index (χ3n) is 5.23. The van der Waals surface area contributed by atoms with Crippen LogP contribution in [0, 0.1) is 0 Å². The fourth-order valence-electron chi connectivity index (χ4n) is 3.76. The van der Waals surface area contributed by atoms with Crippen LogP contribution in [0.15, 0.2) is 61.1 Å². The minimum absolute atomic E-state index is 0.00296. The summed E-state index contributed by atoms with van der Waals surface area (Å²) >= 11 is 0. The predicted molar refractivity (Wildman–Crippen MR) is 115 cm³/mol. The van der Waals surface area contributed by atoms with E-state index < -0.39 is 10.8 Å². The lowest BCUT2D eigenvalue weighted by Crippen LogP contribution is -2.35. The van der Waals surface area contributed by atoms with Crippen molar-refractivity contribution in [3.8, 4) is 11.5 Å². The highest BCUT2D eigenvalue weighted by Gasteiger charge is 2.21. The topological polar surface area (TPSA) is 60.1 Å². The molecule has 0 bridgehead atoms. The zero-order chi connectivity index (χ0) is 20.1. The number of carbonyl (C=O) groups is 1. The molecule has 0 aliphatic carbocycles. The number of hydrogen-bond donors (Lipinski definition) is 0. The highest BCUT2D eigenvalue weighted by atomic mass is 32.2. The van der Waals surface area contributed by atoms with Crippen molar-refractivity contribution < 1.29 is 9.00 Å². The Balaban J connectivity index is 1.53. The second-order valence-corrected chi connectivity index (χ2v) is 8.81. The molecule has 3 heterocycles. The summed E-state index contributed by atoms with van der Waals surface area (Å²) in [5.74, 6) is 1.24. The first-order valence-electron chi connectivity index (χ1n) is 10.1. The zero-order valence-electron chi connectivity index (χ0n) is 16.4. The van der Waals surface area contributed by atoms with Crippen molar-refractivity contribution in [3.05, 3.63) is 66.6 Å². The van der Waals surface area contributed by atoms with Gasteiger partial charge >= 0.3 is 0 Å². The first-order chi connectivity index (χ1) is 14.2. The summed E-state index contributed by atoms with van der Waals surface area (Å²) in [6.45, 7) is 1.58. The molecule has 29 heavy (non-hydrogen) atoms. The summed E-state index contributed by atoms with van der Waals surface area (Å²) in [5.41, 5.74) is 1.81. The van der Waals surface area contributed by atoms with Crippen LogP contribution in [0.25, 0.3) is 11.5 Å². The van der Waals surface area contributed by atoms with E-state index in [1.165, 1.54) is 12.8 Å². The van der Waals surface area contributed by atoms with Crippen molar-refractivity contribution in [2.24, 2.45) is 0 Å². The molecule has 0 saturated carbocycles. The van der Waals surface area contributed by atoms with Crippen LogP contribution in [0.2, 0.25) is 0 Å². The third-order valence-corrected chi connectivity index (χ3v) is 6.43. The summed E-state index contributed by atoms with van der Waals surface area (Å²) in [6, 6.07) is 13.8. The van der Waals surface area contributed by atoms with Gasteiger partial charge in [0.05, 0.1) is 17.6 Å². The molecule has 6 nitrogen and oxygen atoms in total. The molecule has 0 N–H and O–H groups in total. The summed E-state index contributed by atoms with van der Waals surface area (Å²) in [5, 5.41) is 4.54. The highest BCUT2D eigenvalue weighted by molar-refractivity contribution is 7.84. The standard InChI is InChI=1S/C22H26N4O2S/c27-21(24-12-6-1-2-7-13-24)18-29(28)17-19-16-23-26(20-10-4-3-5-11-20)22(19)25-14-8-9-15-25/h3-5,8-11,14-16H,1-2,6-7,12-13,17-18H2. The second-order valence-electron chi connectivity index (χ2n) is 7.35. The molecule has 7 heteroatoms. The maximum Gasteiger partial charge on any atom is 0.235 e. The van der Waals surface area contributed by atoms with Gasteiger partial charge in [-0.05, 0) is 37.1 Å². The molecule has 3 aromatic rings. The van der Waals surface area contributed by atoms with Crippen LogP contribution in [0.5, 0.6) is 0 Å². The quantitative estimate of drug-likeness (QED) is 0.626. The minimum atomic E-state index is -1.28. The fourth-order valence-corrected chi connectivity index (χ4v) is 4.87. The van der Waals surface area contributed by atoms with Gasteiger partial charge in [-0.2, -0.15) is 5.10 Å². The maximum absolute atomic E-state index is 12.8. The zero-order valence-corrected chi connectivity index (χ0v) is 17.3. The molecule has 1 aromatic carbocycles. The van der Waals surface area contributed by atoms with Gasteiger partial charge in [0.25, 0.3) is 0 Å². The van der Waals surface area contributed by atoms with E-state index in [1.807, 2.05) is 69.0 Å². The van der Waals surface area contributed by atoms with E-state index in [-0.39, 0.29) is 11.7 Å². The number of likely N-dealkylation sites (tertiary alicyclic amines) is 1. The molecule has 1 saturated heterocycles. The third kappa shape index (κ3) is 4.67.